The van der Waals surface area contributed by atoms with Gasteiger partial charge in [-0.1, -0.05) is 11.6 Å². The Balaban J connectivity index is 1.66. The number of piperazine rings is 1. The van der Waals surface area contributed by atoms with Gasteiger partial charge >= 0.3 is 6.18 Å². The Kier molecular flexibility index (Phi) is 5.12. The fourth-order valence-electron chi connectivity index (χ4n) is 3.35. The number of aromatic nitrogens is 1. The Morgan fingerprint density at radius 3 is 2.38 bits per heavy atom. The number of halogens is 4. The van der Waals surface area contributed by atoms with Crippen molar-refractivity contribution in [3.63, 3.8) is 0 Å². The number of nitrogens with zero attached hydrogens (tertiary/aromatic N) is 4. The zero-order valence-corrected chi connectivity index (χ0v) is 14.8. The molecule has 0 radical (unpaired) electrons. The second-order valence-electron chi connectivity index (χ2n) is 6.25. The Bertz CT molecular complexity index is 720. The molecular formula is C16H18ClF3N4O2. The van der Waals surface area contributed by atoms with Crippen molar-refractivity contribution >= 4 is 29.2 Å². The van der Waals surface area contributed by atoms with Crippen molar-refractivity contribution in [3.8, 4) is 0 Å². The van der Waals surface area contributed by atoms with E-state index in [0.717, 1.165) is 12.3 Å². The van der Waals surface area contributed by atoms with E-state index in [0.29, 0.717) is 38.5 Å². The summed E-state index contributed by atoms with van der Waals surface area (Å²) in [6.45, 7) is 4.04. The number of likely N-dealkylation sites (N-methyl/N-ethyl adjacent to an activating group) is 1. The van der Waals surface area contributed by atoms with Crippen molar-refractivity contribution in [2.75, 3.05) is 37.6 Å². The Labute approximate surface area is 153 Å². The molecule has 3 rings (SSSR count). The monoisotopic (exact) mass is 390 g/mol. The van der Waals surface area contributed by atoms with Crippen LogP contribution in [0.25, 0.3) is 0 Å². The summed E-state index contributed by atoms with van der Waals surface area (Å²) in [5, 5.41) is -0.0578. The van der Waals surface area contributed by atoms with Crippen molar-refractivity contribution < 1.29 is 22.8 Å². The largest absolute Gasteiger partial charge is 0.417 e. The van der Waals surface area contributed by atoms with Crippen LogP contribution in [0.1, 0.15) is 18.9 Å². The van der Waals surface area contributed by atoms with Crippen LogP contribution in [-0.4, -0.2) is 65.4 Å². The zero-order valence-electron chi connectivity index (χ0n) is 14.1. The maximum absolute atomic E-state index is 12.7. The van der Waals surface area contributed by atoms with E-state index in [1.54, 1.807) is 11.8 Å². The first-order valence-electron chi connectivity index (χ1n) is 8.28. The van der Waals surface area contributed by atoms with Gasteiger partial charge in [-0.3, -0.25) is 19.4 Å². The number of amides is 2. The number of likely N-dealkylation sites (tertiary alicyclic amines) is 1. The van der Waals surface area contributed by atoms with Crippen LogP contribution in [0.4, 0.5) is 19.0 Å². The van der Waals surface area contributed by atoms with E-state index in [1.165, 1.54) is 4.90 Å². The first-order chi connectivity index (χ1) is 12.2. The van der Waals surface area contributed by atoms with Crippen molar-refractivity contribution in [2.45, 2.75) is 25.6 Å². The molecule has 3 heterocycles. The molecule has 6 nitrogen and oxygen atoms in total. The molecule has 0 aromatic carbocycles. The first-order valence-corrected chi connectivity index (χ1v) is 8.66. The second-order valence-corrected chi connectivity index (χ2v) is 6.65. The Morgan fingerprint density at radius 2 is 1.88 bits per heavy atom. The van der Waals surface area contributed by atoms with Gasteiger partial charge in [0.05, 0.1) is 23.0 Å². The molecule has 142 valence electrons. The van der Waals surface area contributed by atoms with Crippen LogP contribution in [-0.2, 0) is 15.8 Å². The SMILES string of the molecule is CCN1C(=O)CC(N2CCN(c3ncc(C(F)(F)F)cc3Cl)CC2)C1=O. The van der Waals surface area contributed by atoms with Crippen LogP contribution in [0.5, 0.6) is 0 Å². The fraction of sp³-hybridized carbons (Fsp3) is 0.562. The summed E-state index contributed by atoms with van der Waals surface area (Å²) in [6, 6.07) is 0.412. The van der Waals surface area contributed by atoms with E-state index >= 15 is 0 Å². The van der Waals surface area contributed by atoms with E-state index in [2.05, 4.69) is 4.98 Å². The van der Waals surface area contributed by atoms with Gasteiger partial charge in [-0.15, -0.1) is 0 Å². The highest BCUT2D eigenvalue weighted by atomic mass is 35.5. The lowest BCUT2D eigenvalue weighted by atomic mass is 10.1. The molecular weight excluding hydrogens is 373 g/mol. The van der Waals surface area contributed by atoms with Gasteiger partial charge in [-0.2, -0.15) is 13.2 Å². The number of alkyl halides is 3. The Hall–Kier alpha value is -1.87. The van der Waals surface area contributed by atoms with E-state index < -0.39 is 17.8 Å². The van der Waals surface area contributed by atoms with Gasteiger partial charge in [-0.05, 0) is 13.0 Å². The molecule has 1 unspecified atom stereocenters. The number of rotatable bonds is 3. The number of pyridine rings is 1. The first kappa shape index (κ1) is 18.9. The predicted molar refractivity (Wildman–Crippen MR) is 88.8 cm³/mol. The average molecular weight is 391 g/mol. The van der Waals surface area contributed by atoms with E-state index in [1.807, 2.05) is 4.90 Å². The third-order valence-electron chi connectivity index (χ3n) is 4.74. The van der Waals surface area contributed by atoms with E-state index in [-0.39, 0.29) is 23.3 Å². The molecule has 0 N–H and O–H groups in total. The molecule has 0 saturated carbocycles. The van der Waals surface area contributed by atoms with Gasteiger partial charge in [0.1, 0.15) is 5.82 Å². The van der Waals surface area contributed by atoms with Crippen molar-refractivity contribution in [3.05, 3.63) is 22.8 Å². The van der Waals surface area contributed by atoms with Crippen LogP contribution >= 0.6 is 11.6 Å². The molecule has 26 heavy (non-hydrogen) atoms. The van der Waals surface area contributed by atoms with Gasteiger partial charge in [-0.25, -0.2) is 4.98 Å². The molecule has 0 spiro atoms. The highest BCUT2D eigenvalue weighted by Gasteiger charge is 2.42. The summed E-state index contributed by atoms with van der Waals surface area (Å²) in [5.41, 5.74) is -0.889. The molecule has 2 fully saturated rings. The van der Waals surface area contributed by atoms with Crippen molar-refractivity contribution in [2.24, 2.45) is 0 Å². The lowest BCUT2D eigenvalue weighted by Crippen LogP contribution is -2.52. The molecule has 1 aromatic rings. The predicted octanol–water partition coefficient (Wildman–Crippen LogP) is 2.02. The lowest BCUT2D eigenvalue weighted by molar-refractivity contribution is -0.140. The summed E-state index contributed by atoms with van der Waals surface area (Å²) in [4.78, 5) is 33.0. The summed E-state index contributed by atoms with van der Waals surface area (Å²) in [6.07, 6.45) is -3.55. The molecule has 2 aliphatic heterocycles. The fourth-order valence-corrected chi connectivity index (χ4v) is 3.63. The van der Waals surface area contributed by atoms with Gasteiger partial charge in [0, 0.05) is 38.9 Å². The maximum Gasteiger partial charge on any atom is 0.417 e. The quantitative estimate of drug-likeness (QED) is 0.739. The van der Waals surface area contributed by atoms with Gasteiger partial charge in [0.15, 0.2) is 0 Å². The van der Waals surface area contributed by atoms with Gasteiger partial charge in [0.25, 0.3) is 0 Å². The van der Waals surface area contributed by atoms with Crippen LogP contribution in [0.2, 0.25) is 5.02 Å². The standard InChI is InChI=1S/C16H18ClF3N4O2/c1-2-24-13(25)8-12(15(24)26)22-3-5-23(6-4-22)14-11(17)7-10(9-21-14)16(18,19)20/h7,9,12H,2-6,8H2,1H3. The van der Waals surface area contributed by atoms with Crippen LogP contribution in [0.3, 0.4) is 0 Å². The number of hydrogen-bond acceptors (Lipinski definition) is 5. The number of hydrogen-bond donors (Lipinski definition) is 0. The molecule has 2 aliphatic rings. The smallest absolute Gasteiger partial charge is 0.353 e. The molecule has 0 bridgehead atoms. The maximum atomic E-state index is 12.7. The highest BCUT2D eigenvalue weighted by Crippen LogP contribution is 2.34. The molecule has 1 aromatic heterocycles. The minimum Gasteiger partial charge on any atom is -0.353 e. The van der Waals surface area contributed by atoms with Crippen molar-refractivity contribution in [1.29, 1.82) is 0 Å². The van der Waals surface area contributed by atoms with E-state index in [4.69, 9.17) is 11.6 Å². The van der Waals surface area contributed by atoms with Crippen molar-refractivity contribution in [1.82, 2.24) is 14.8 Å². The third kappa shape index (κ3) is 3.50. The van der Waals surface area contributed by atoms with Crippen LogP contribution in [0.15, 0.2) is 12.3 Å². The van der Waals surface area contributed by atoms with E-state index in [9.17, 15) is 22.8 Å². The number of carbonyl (C=O) groups is 2. The minimum atomic E-state index is -4.49. The number of imide groups is 1. The minimum absolute atomic E-state index is 0.0578. The lowest BCUT2D eigenvalue weighted by Gasteiger charge is -2.37. The zero-order chi connectivity index (χ0) is 19.1. The second kappa shape index (κ2) is 7.03. The average Bonchev–Trinajstić information content (AvgIpc) is 2.88. The Morgan fingerprint density at radius 1 is 1.23 bits per heavy atom. The highest BCUT2D eigenvalue weighted by molar-refractivity contribution is 6.33. The number of carbonyl (C=O) groups excluding carboxylic acids is 2. The third-order valence-corrected chi connectivity index (χ3v) is 5.02. The molecule has 10 heteroatoms. The topological polar surface area (TPSA) is 56.8 Å². The summed E-state index contributed by atoms with van der Waals surface area (Å²) in [5.74, 6) is -0.0580. The van der Waals surface area contributed by atoms with Crippen LogP contribution in [0, 0.1) is 0 Å². The molecule has 1 atom stereocenters. The summed E-state index contributed by atoms with van der Waals surface area (Å²) in [7, 11) is 0. The molecule has 0 aliphatic carbocycles. The normalized spacial score (nSPS) is 22.4. The number of anilines is 1. The van der Waals surface area contributed by atoms with Crippen LogP contribution < -0.4 is 4.90 Å². The molecule has 2 amide bonds. The molecule has 2 saturated heterocycles. The van der Waals surface area contributed by atoms with Gasteiger partial charge < -0.3 is 4.90 Å². The summed E-state index contributed by atoms with van der Waals surface area (Å²) >= 11 is 5.99. The van der Waals surface area contributed by atoms with Gasteiger partial charge in [0.2, 0.25) is 11.8 Å². The summed E-state index contributed by atoms with van der Waals surface area (Å²) < 4.78 is 38.1.